The van der Waals surface area contributed by atoms with Crippen molar-refractivity contribution in [1.29, 1.82) is 0 Å². The lowest BCUT2D eigenvalue weighted by atomic mass is 9.95. The summed E-state index contributed by atoms with van der Waals surface area (Å²) in [5.74, 6) is -1.22. The molecule has 0 aliphatic carbocycles. The molecule has 0 bridgehead atoms. The van der Waals surface area contributed by atoms with Gasteiger partial charge < -0.3 is 14.2 Å². The van der Waals surface area contributed by atoms with Crippen LogP contribution in [0.1, 0.15) is 41.6 Å². The third-order valence-electron chi connectivity index (χ3n) is 4.69. The van der Waals surface area contributed by atoms with Gasteiger partial charge in [-0.2, -0.15) is 9.36 Å². The molecule has 0 saturated carbocycles. The normalized spacial score (nSPS) is 16.0. The number of benzene rings is 2. The molecule has 0 atom stereocenters. The Bertz CT molecular complexity index is 1100. The lowest BCUT2D eigenvalue weighted by Crippen LogP contribution is -2.34. The smallest absolute Gasteiger partial charge is 0.257 e. The van der Waals surface area contributed by atoms with E-state index >= 15 is 4.39 Å². The molecule has 3 aromatic rings. The van der Waals surface area contributed by atoms with Crippen molar-refractivity contribution in [1.82, 2.24) is 9.36 Å². The number of amides is 1. The van der Waals surface area contributed by atoms with E-state index in [-0.39, 0.29) is 23.3 Å². The number of ether oxygens (including phenoxy) is 3. The highest BCUT2D eigenvalue weighted by Crippen LogP contribution is 2.38. The molecule has 0 unspecified atom stereocenters. The first-order valence-electron chi connectivity index (χ1n) is 9.85. The fourth-order valence-corrected chi connectivity index (χ4v) is 4.08. The lowest BCUT2D eigenvalue weighted by Gasteiger charge is -2.35. The summed E-state index contributed by atoms with van der Waals surface area (Å²) in [5.41, 5.74) is 1.13. The Kier molecular flexibility index (Phi) is 6.85. The zero-order chi connectivity index (χ0) is 22.7. The molecule has 2 aromatic carbocycles. The molecule has 1 aliphatic rings. The first kappa shape index (κ1) is 22.8. The van der Waals surface area contributed by atoms with E-state index in [0.717, 1.165) is 23.2 Å². The fourth-order valence-electron chi connectivity index (χ4n) is 3.10. The summed E-state index contributed by atoms with van der Waals surface area (Å²) in [6.45, 7) is 5.04. The fraction of sp³-hybridized carbons (Fsp3) is 0.318. The molecule has 2 heterocycles. The highest BCUT2D eigenvalue weighted by Gasteiger charge is 2.32. The topological polar surface area (TPSA) is 82.6 Å². The summed E-state index contributed by atoms with van der Waals surface area (Å²) in [6, 6.07) is 12.1. The average molecular weight is 522 g/mol. The van der Waals surface area contributed by atoms with E-state index in [4.69, 9.17) is 14.2 Å². The van der Waals surface area contributed by atoms with Crippen LogP contribution in [0.15, 0.2) is 47.2 Å². The van der Waals surface area contributed by atoms with Crippen molar-refractivity contribution < 1.29 is 23.4 Å². The number of carbonyl (C=O) groups excluding carboxylic acids is 1. The zero-order valence-electron chi connectivity index (χ0n) is 17.4. The van der Waals surface area contributed by atoms with E-state index < -0.39 is 18.0 Å². The van der Waals surface area contributed by atoms with Crippen LogP contribution in [-0.2, 0) is 16.1 Å². The van der Waals surface area contributed by atoms with Gasteiger partial charge in [-0.3, -0.25) is 10.1 Å². The minimum Gasteiger partial charge on any atom is -0.485 e. The van der Waals surface area contributed by atoms with Crippen molar-refractivity contribution in [3.05, 3.63) is 69.7 Å². The molecule has 1 aromatic heterocycles. The third kappa shape index (κ3) is 5.50. The summed E-state index contributed by atoms with van der Waals surface area (Å²) < 4.78 is 37.0. The molecule has 1 fully saturated rings. The minimum atomic E-state index is -0.855. The van der Waals surface area contributed by atoms with Crippen molar-refractivity contribution in [3.8, 4) is 5.75 Å². The van der Waals surface area contributed by atoms with E-state index in [1.807, 2.05) is 44.2 Å². The molecule has 4 rings (SSSR count). The van der Waals surface area contributed by atoms with Crippen molar-refractivity contribution >= 4 is 38.5 Å². The van der Waals surface area contributed by atoms with Gasteiger partial charge in [-0.05, 0) is 33.6 Å². The minimum absolute atomic E-state index is 0.00577. The van der Waals surface area contributed by atoms with Crippen LogP contribution in [0.3, 0.4) is 0 Å². The standard InChI is InChI=1S/C22H21BrFN3O4S/c1-22(2)11-30-19(31-12-22)15-8-14(18(28)25-21-26-20(23)27-32-21)9-16(24)17(15)29-10-13-6-4-3-5-7-13/h3-9,19H,10-12H2,1-2H3,(H,25,26,27,28). The second-order valence-electron chi connectivity index (χ2n) is 8.09. The summed E-state index contributed by atoms with van der Waals surface area (Å²) in [7, 11) is 0. The number of aromatic nitrogens is 2. The van der Waals surface area contributed by atoms with E-state index in [2.05, 4.69) is 30.6 Å². The molecule has 1 aliphatic heterocycles. The maximum atomic E-state index is 15.2. The summed E-state index contributed by atoms with van der Waals surface area (Å²) in [6.07, 6.45) is -0.855. The van der Waals surface area contributed by atoms with Gasteiger partial charge in [0.1, 0.15) is 6.61 Å². The van der Waals surface area contributed by atoms with E-state index in [1.165, 1.54) is 6.07 Å². The Morgan fingerprint density at radius 1 is 1.28 bits per heavy atom. The zero-order valence-corrected chi connectivity index (χ0v) is 19.8. The van der Waals surface area contributed by atoms with Crippen molar-refractivity contribution in [2.45, 2.75) is 26.7 Å². The van der Waals surface area contributed by atoms with Gasteiger partial charge in [0.15, 0.2) is 17.9 Å². The molecule has 7 nitrogen and oxygen atoms in total. The van der Waals surface area contributed by atoms with Gasteiger partial charge in [0.25, 0.3) is 5.91 Å². The van der Waals surface area contributed by atoms with Crippen LogP contribution in [0.25, 0.3) is 0 Å². The quantitative estimate of drug-likeness (QED) is 0.471. The molecular weight excluding hydrogens is 501 g/mol. The second kappa shape index (κ2) is 9.62. The molecule has 168 valence electrons. The van der Waals surface area contributed by atoms with Crippen molar-refractivity contribution in [3.63, 3.8) is 0 Å². The molecule has 1 N–H and O–H groups in total. The molecule has 1 amide bonds. The van der Waals surface area contributed by atoms with Crippen LogP contribution in [0.2, 0.25) is 0 Å². The van der Waals surface area contributed by atoms with Crippen LogP contribution >= 0.6 is 27.5 Å². The molecule has 0 radical (unpaired) electrons. The monoisotopic (exact) mass is 521 g/mol. The number of hydrogen-bond donors (Lipinski definition) is 1. The van der Waals surface area contributed by atoms with Crippen LogP contribution in [-0.4, -0.2) is 28.5 Å². The highest BCUT2D eigenvalue weighted by molar-refractivity contribution is 9.10. The van der Waals surface area contributed by atoms with Gasteiger partial charge in [-0.1, -0.05) is 44.2 Å². The highest BCUT2D eigenvalue weighted by atomic mass is 79.9. The SMILES string of the molecule is CC1(C)COC(c2cc(C(=O)Nc3nc(Br)ns3)cc(F)c2OCc2ccccc2)OC1. The number of nitrogens with one attached hydrogen (secondary N) is 1. The van der Waals surface area contributed by atoms with Gasteiger partial charge >= 0.3 is 0 Å². The van der Waals surface area contributed by atoms with Gasteiger partial charge in [0.05, 0.1) is 18.8 Å². The summed E-state index contributed by atoms with van der Waals surface area (Å²) >= 11 is 4.15. The summed E-state index contributed by atoms with van der Waals surface area (Å²) in [4.78, 5) is 16.8. The van der Waals surface area contributed by atoms with E-state index in [1.54, 1.807) is 0 Å². The third-order valence-corrected chi connectivity index (χ3v) is 5.91. The number of rotatable bonds is 6. The Balaban J connectivity index is 1.63. The average Bonchev–Trinajstić information content (AvgIpc) is 3.17. The van der Waals surface area contributed by atoms with Gasteiger partial charge in [-0.25, -0.2) is 4.39 Å². The number of hydrogen-bond acceptors (Lipinski definition) is 7. The summed E-state index contributed by atoms with van der Waals surface area (Å²) in [5, 5.41) is 2.91. The lowest BCUT2D eigenvalue weighted by molar-refractivity contribution is -0.226. The van der Waals surface area contributed by atoms with Crippen LogP contribution in [0, 0.1) is 11.2 Å². The van der Waals surface area contributed by atoms with E-state index in [0.29, 0.717) is 28.6 Å². The first-order valence-corrected chi connectivity index (χ1v) is 11.4. The maximum Gasteiger partial charge on any atom is 0.257 e. The van der Waals surface area contributed by atoms with Gasteiger partial charge in [-0.15, -0.1) is 0 Å². The van der Waals surface area contributed by atoms with Crippen LogP contribution in [0.5, 0.6) is 5.75 Å². The van der Waals surface area contributed by atoms with E-state index in [9.17, 15) is 4.79 Å². The number of halogens is 2. The largest absolute Gasteiger partial charge is 0.485 e. The second-order valence-corrected chi connectivity index (χ2v) is 9.55. The molecule has 32 heavy (non-hydrogen) atoms. The van der Waals surface area contributed by atoms with Crippen molar-refractivity contribution in [2.75, 3.05) is 18.5 Å². The molecular formula is C22H21BrFN3O4S. The Hall–Kier alpha value is -2.40. The van der Waals surface area contributed by atoms with Crippen LogP contribution < -0.4 is 10.1 Å². The van der Waals surface area contributed by atoms with Gasteiger partial charge in [0, 0.05) is 22.5 Å². The predicted molar refractivity (Wildman–Crippen MR) is 121 cm³/mol. The number of nitrogens with zero attached hydrogens (tertiary/aromatic N) is 2. The Labute approximate surface area is 197 Å². The molecule has 1 saturated heterocycles. The molecule has 10 heteroatoms. The molecule has 0 spiro atoms. The number of carbonyl (C=O) groups is 1. The van der Waals surface area contributed by atoms with Gasteiger partial charge in [0.2, 0.25) is 9.87 Å². The van der Waals surface area contributed by atoms with Crippen LogP contribution in [0.4, 0.5) is 9.52 Å². The van der Waals surface area contributed by atoms with Crippen molar-refractivity contribution in [2.24, 2.45) is 5.41 Å². The number of anilines is 1. The maximum absolute atomic E-state index is 15.2. The Morgan fingerprint density at radius 2 is 2.00 bits per heavy atom. The first-order chi connectivity index (χ1) is 15.3. The predicted octanol–water partition coefficient (Wildman–Crippen LogP) is 5.34. The Morgan fingerprint density at radius 3 is 2.66 bits per heavy atom.